The number of nitrogens with zero attached hydrogens (tertiary/aromatic N) is 1. The van der Waals surface area contributed by atoms with Crippen LogP contribution in [0.4, 0.5) is 0 Å². The Labute approximate surface area is 188 Å². The number of hydrogen-bond acceptors (Lipinski definition) is 2. The van der Waals surface area contributed by atoms with Gasteiger partial charge in [-0.15, -0.1) is 0 Å². The molecule has 5 aliphatic carbocycles. The van der Waals surface area contributed by atoms with Crippen LogP contribution in [-0.2, 0) is 4.79 Å². The lowest BCUT2D eigenvalue weighted by Crippen LogP contribution is -2.55. The van der Waals surface area contributed by atoms with Gasteiger partial charge in [0.05, 0.1) is 6.07 Å². The normalized spacial score (nSPS) is 47.7. The summed E-state index contributed by atoms with van der Waals surface area (Å²) in [5.74, 6) is 2.48. The summed E-state index contributed by atoms with van der Waals surface area (Å²) in [6, 6.07) is 2.08. The van der Waals surface area contributed by atoms with Gasteiger partial charge in [0.15, 0.2) is 5.78 Å². The molecule has 0 heterocycles. The second-order valence-corrected chi connectivity index (χ2v) is 12.1. The zero-order valence-corrected chi connectivity index (χ0v) is 19.9. The lowest BCUT2D eigenvalue weighted by atomic mass is 9.40. The van der Waals surface area contributed by atoms with E-state index >= 15 is 0 Å². The second-order valence-electron chi connectivity index (χ2n) is 12.1. The molecule has 5 aliphatic rings. The van der Waals surface area contributed by atoms with E-state index in [9.17, 15) is 4.79 Å². The number of nitriles is 1. The molecule has 0 amide bonds. The maximum absolute atomic E-state index is 13.0. The summed E-state index contributed by atoms with van der Waals surface area (Å²) in [4.78, 5) is 13.0. The SMILES string of the molecule is CC1CCC2(C)CCC3(C)C4=CC=C5C(=CC(=O)/C(=C\C#N)C5C)C4(C)CCC3C2C1. The van der Waals surface area contributed by atoms with Gasteiger partial charge in [-0.25, -0.2) is 0 Å². The van der Waals surface area contributed by atoms with E-state index < -0.39 is 0 Å². The zero-order chi connectivity index (χ0) is 22.2. The quantitative estimate of drug-likeness (QED) is 0.312. The summed E-state index contributed by atoms with van der Waals surface area (Å²) in [5, 5.41) is 9.15. The highest BCUT2D eigenvalue weighted by Crippen LogP contribution is 2.69. The first-order valence-electron chi connectivity index (χ1n) is 12.4. The van der Waals surface area contributed by atoms with E-state index in [1.54, 1.807) is 5.57 Å². The molecule has 3 fully saturated rings. The lowest BCUT2D eigenvalue weighted by molar-refractivity contribution is -0.112. The second kappa shape index (κ2) is 6.81. The average molecular weight is 416 g/mol. The molecular formula is C29H37NO. The third-order valence-corrected chi connectivity index (χ3v) is 10.5. The van der Waals surface area contributed by atoms with Crippen LogP contribution in [0.5, 0.6) is 0 Å². The maximum Gasteiger partial charge on any atom is 0.183 e. The van der Waals surface area contributed by atoms with Crippen molar-refractivity contribution in [3.05, 3.63) is 46.6 Å². The predicted octanol–water partition coefficient (Wildman–Crippen LogP) is 7.11. The van der Waals surface area contributed by atoms with E-state index in [1.165, 1.54) is 55.7 Å². The topological polar surface area (TPSA) is 40.9 Å². The van der Waals surface area contributed by atoms with Crippen molar-refractivity contribution in [3.8, 4) is 6.07 Å². The number of rotatable bonds is 0. The summed E-state index contributed by atoms with van der Waals surface area (Å²) >= 11 is 0. The Bertz CT molecular complexity index is 1000. The van der Waals surface area contributed by atoms with Crippen LogP contribution in [0.3, 0.4) is 0 Å². The van der Waals surface area contributed by atoms with Gasteiger partial charge in [-0.05, 0) is 84.3 Å². The summed E-state index contributed by atoms with van der Waals surface area (Å²) in [5.41, 5.74) is 5.41. The Morgan fingerprint density at radius 2 is 1.81 bits per heavy atom. The highest BCUT2D eigenvalue weighted by Gasteiger charge is 2.60. The van der Waals surface area contributed by atoms with Crippen molar-refractivity contribution in [2.75, 3.05) is 0 Å². The van der Waals surface area contributed by atoms with Gasteiger partial charge in [0.25, 0.3) is 0 Å². The molecule has 5 rings (SSSR count). The minimum absolute atomic E-state index is 0.00106. The first kappa shape index (κ1) is 21.0. The maximum atomic E-state index is 13.0. The van der Waals surface area contributed by atoms with Crippen LogP contribution in [0.2, 0.25) is 0 Å². The van der Waals surface area contributed by atoms with Gasteiger partial charge in [-0.2, -0.15) is 5.26 Å². The van der Waals surface area contributed by atoms with Crippen LogP contribution in [0.1, 0.15) is 79.6 Å². The van der Waals surface area contributed by atoms with E-state index in [2.05, 4.69) is 52.8 Å². The Hall–Kier alpha value is -1.88. The highest BCUT2D eigenvalue weighted by atomic mass is 16.1. The van der Waals surface area contributed by atoms with Crippen molar-refractivity contribution >= 4 is 5.78 Å². The number of carbonyl (C=O) groups is 1. The number of carbonyl (C=O) groups excluding carboxylic acids is 1. The summed E-state index contributed by atoms with van der Waals surface area (Å²) in [6.07, 6.45) is 17.3. The van der Waals surface area contributed by atoms with Gasteiger partial charge >= 0.3 is 0 Å². The first-order chi connectivity index (χ1) is 14.6. The molecule has 7 atom stereocenters. The van der Waals surface area contributed by atoms with Crippen LogP contribution in [0.25, 0.3) is 0 Å². The van der Waals surface area contributed by atoms with Crippen LogP contribution in [0.15, 0.2) is 46.6 Å². The Morgan fingerprint density at radius 1 is 1.03 bits per heavy atom. The van der Waals surface area contributed by atoms with E-state index in [0.717, 1.165) is 24.2 Å². The fourth-order valence-corrected chi connectivity index (χ4v) is 8.51. The van der Waals surface area contributed by atoms with Gasteiger partial charge < -0.3 is 0 Å². The number of hydrogen-bond donors (Lipinski definition) is 0. The standard InChI is InChI=1S/C29H37NO/c1-18-8-11-27(3)13-14-29(5)22(24(27)16-18)9-12-28(4)23-17-25(31)21(10-15-30)19(2)20(23)6-7-26(28)29/h6-7,10,17-19,22,24H,8-9,11-14,16H2,1-5H3/b21-10-. The zero-order valence-electron chi connectivity index (χ0n) is 19.9. The lowest BCUT2D eigenvalue weighted by Gasteiger charge is -2.64. The first-order valence-corrected chi connectivity index (χ1v) is 12.4. The monoisotopic (exact) mass is 415 g/mol. The van der Waals surface area contributed by atoms with Crippen molar-refractivity contribution in [1.82, 2.24) is 0 Å². The molecule has 0 N–H and O–H groups in total. The summed E-state index contributed by atoms with van der Waals surface area (Å²) < 4.78 is 0. The van der Waals surface area contributed by atoms with Gasteiger partial charge in [0.2, 0.25) is 0 Å². The molecule has 0 saturated heterocycles. The van der Waals surface area contributed by atoms with Crippen molar-refractivity contribution in [2.45, 2.75) is 79.6 Å². The molecule has 7 unspecified atom stereocenters. The molecule has 0 spiro atoms. The molecule has 0 aromatic carbocycles. The molecule has 2 nitrogen and oxygen atoms in total. The van der Waals surface area contributed by atoms with E-state index in [1.807, 2.05) is 6.08 Å². The molecule has 164 valence electrons. The van der Waals surface area contributed by atoms with Crippen LogP contribution >= 0.6 is 0 Å². The third kappa shape index (κ3) is 2.78. The molecular weight excluding hydrogens is 378 g/mol. The van der Waals surface area contributed by atoms with Gasteiger partial charge in [0, 0.05) is 23.0 Å². The van der Waals surface area contributed by atoms with Crippen molar-refractivity contribution < 1.29 is 4.79 Å². The van der Waals surface area contributed by atoms with Gasteiger partial charge in [-0.1, -0.05) is 58.8 Å². The average Bonchev–Trinajstić information content (AvgIpc) is 2.72. The van der Waals surface area contributed by atoms with E-state index in [4.69, 9.17) is 5.26 Å². The van der Waals surface area contributed by atoms with E-state index in [-0.39, 0.29) is 22.5 Å². The number of allylic oxidation sites excluding steroid dienone is 8. The molecule has 0 bridgehead atoms. The highest BCUT2D eigenvalue weighted by molar-refractivity contribution is 6.08. The van der Waals surface area contributed by atoms with Gasteiger partial charge in [0.1, 0.15) is 0 Å². The van der Waals surface area contributed by atoms with Crippen molar-refractivity contribution in [1.29, 1.82) is 5.26 Å². The Morgan fingerprint density at radius 3 is 2.55 bits per heavy atom. The van der Waals surface area contributed by atoms with Gasteiger partial charge in [-0.3, -0.25) is 4.79 Å². The summed E-state index contributed by atoms with van der Waals surface area (Å²) in [6.45, 7) is 12.1. The Balaban J connectivity index is 1.60. The van der Waals surface area contributed by atoms with Crippen molar-refractivity contribution in [2.24, 2.45) is 39.9 Å². The molecule has 0 aromatic heterocycles. The smallest absolute Gasteiger partial charge is 0.183 e. The summed E-state index contributed by atoms with van der Waals surface area (Å²) in [7, 11) is 0. The fraction of sp³-hybridized carbons (Fsp3) is 0.655. The van der Waals surface area contributed by atoms with Crippen LogP contribution in [0, 0.1) is 51.2 Å². The van der Waals surface area contributed by atoms with E-state index in [0.29, 0.717) is 11.0 Å². The predicted molar refractivity (Wildman–Crippen MR) is 125 cm³/mol. The number of ketones is 1. The third-order valence-electron chi connectivity index (χ3n) is 10.5. The molecule has 0 aromatic rings. The minimum atomic E-state index is -0.0501. The molecule has 3 saturated carbocycles. The molecule has 2 heteroatoms. The largest absolute Gasteiger partial charge is 0.290 e. The Kier molecular flexibility index (Phi) is 4.61. The fourth-order valence-electron chi connectivity index (χ4n) is 8.51. The van der Waals surface area contributed by atoms with Crippen molar-refractivity contribution in [3.63, 3.8) is 0 Å². The van der Waals surface area contributed by atoms with Crippen LogP contribution < -0.4 is 0 Å². The van der Waals surface area contributed by atoms with Crippen LogP contribution in [-0.4, -0.2) is 5.78 Å². The number of fused-ring (bicyclic) bond motifs is 7. The minimum Gasteiger partial charge on any atom is -0.290 e. The molecule has 31 heavy (non-hydrogen) atoms. The molecule has 0 radical (unpaired) electrons. The molecule has 0 aliphatic heterocycles.